The summed E-state index contributed by atoms with van der Waals surface area (Å²) in [5, 5.41) is 11.9. The van der Waals surface area contributed by atoms with Gasteiger partial charge < -0.3 is 20.9 Å². The summed E-state index contributed by atoms with van der Waals surface area (Å²) in [6, 6.07) is 22.8. The zero-order valence-corrected chi connectivity index (χ0v) is 15.7. The first kappa shape index (κ1) is 19.9. The molecule has 0 heterocycles. The molecular formula is C23H22N2O4. The van der Waals surface area contributed by atoms with Gasteiger partial charge in [-0.05, 0) is 41.0 Å². The Balaban J connectivity index is 1.53. The lowest BCUT2D eigenvalue weighted by Crippen LogP contribution is -2.47. The summed E-state index contributed by atoms with van der Waals surface area (Å²) in [6.07, 6.45) is 0.229. The van der Waals surface area contributed by atoms with Crippen LogP contribution in [0.15, 0.2) is 78.9 Å². The average Bonchev–Trinajstić information content (AvgIpc) is 2.74. The lowest BCUT2D eigenvalue weighted by molar-refractivity contribution is -0.128. The monoisotopic (exact) mass is 390 g/mol. The van der Waals surface area contributed by atoms with Gasteiger partial charge in [0.15, 0.2) is 6.61 Å². The van der Waals surface area contributed by atoms with Crippen LogP contribution in [-0.2, 0) is 16.0 Å². The van der Waals surface area contributed by atoms with Gasteiger partial charge in [0.25, 0.3) is 5.91 Å². The van der Waals surface area contributed by atoms with E-state index in [4.69, 9.17) is 10.5 Å². The van der Waals surface area contributed by atoms with Crippen molar-refractivity contribution in [3.05, 3.63) is 84.4 Å². The summed E-state index contributed by atoms with van der Waals surface area (Å²) in [5.74, 6) is -0.410. The van der Waals surface area contributed by atoms with Gasteiger partial charge in [-0.15, -0.1) is 0 Å². The van der Waals surface area contributed by atoms with Crippen molar-refractivity contribution in [1.82, 2.24) is 5.32 Å². The van der Waals surface area contributed by atoms with E-state index in [0.717, 1.165) is 16.7 Å². The summed E-state index contributed by atoms with van der Waals surface area (Å²) in [5.41, 5.74) is 8.31. The lowest BCUT2D eigenvalue weighted by Gasteiger charge is -2.16. The van der Waals surface area contributed by atoms with Crippen molar-refractivity contribution in [3.8, 4) is 22.6 Å². The van der Waals surface area contributed by atoms with Crippen molar-refractivity contribution in [2.24, 2.45) is 5.73 Å². The lowest BCUT2D eigenvalue weighted by atomic mass is 10.1. The van der Waals surface area contributed by atoms with Crippen molar-refractivity contribution in [2.75, 3.05) is 6.61 Å². The van der Waals surface area contributed by atoms with Crippen LogP contribution in [0.5, 0.6) is 11.5 Å². The number of ether oxygens (including phenoxy) is 1. The number of nitrogens with two attached hydrogens (primary N) is 1. The van der Waals surface area contributed by atoms with Gasteiger partial charge in [0.05, 0.1) is 0 Å². The molecule has 0 bridgehead atoms. The van der Waals surface area contributed by atoms with Crippen LogP contribution in [-0.4, -0.2) is 29.6 Å². The van der Waals surface area contributed by atoms with E-state index in [-0.39, 0.29) is 18.8 Å². The highest BCUT2D eigenvalue weighted by Gasteiger charge is 2.19. The quantitative estimate of drug-likeness (QED) is 0.550. The number of rotatable bonds is 8. The molecule has 1 atom stereocenters. The molecule has 0 aromatic heterocycles. The number of carbonyl (C=O) groups excluding carboxylic acids is 2. The molecule has 6 nitrogen and oxygen atoms in total. The Kier molecular flexibility index (Phi) is 6.47. The van der Waals surface area contributed by atoms with Gasteiger partial charge >= 0.3 is 0 Å². The topological polar surface area (TPSA) is 102 Å². The minimum absolute atomic E-state index is 0.125. The van der Waals surface area contributed by atoms with Crippen molar-refractivity contribution in [1.29, 1.82) is 0 Å². The van der Waals surface area contributed by atoms with Gasteiger partial charge in [0.2, 0.25) is 5.91 Å². The molecule has 0 aliphatic heterocycles. The zero-order valence-electron chi connectivity index (χ0n) is 15.7. The third kappa shape index (κ3) is 5.84. The van der Waals surface area contributed by atoms with E-state index >= 15 is 0 Å². The van der Waals surface area contributed by atoms with Gasteiger partial charge in [-0.25, -0.2) is 0 Å². The van der Waals surface area contributed by atoms with Crippen LogP contribution >= 0.6 is 0 Å². The maximum atomic E-state index is 12.2. The fourth-order valence-electron chi connectivity index (χ4n) is 2.85. The smallest absolute Gasteiger partial charge is 0.258 e. The van der Waals surface area contributed by atoms with Gasteiger partial charge in [0.1, 0.15) is 17.5 Å². The summed E-state index contributed by atoms with van der Waals surface area (Å²) in [6.45, 7) is -0.232. The van der Waals surface area contributed by atoms with Crippen LogP contribution in [0, 0.1) is 0 Å². The van der Waals surface area contributed by atoms with Crippen molar-refractivity contribution >= 4 is 11.8 Å². The van der Waals surface area contributed by atoms with E-state index < -0.39 is 17.9 Å². The van der Waals surface area contributed by atoms with E-state index in [1.54, 1.807) is 24.3 Å². The SMILES string of the molecule is NC(=O)C(Cc1ccc(O)cc1)NC(=O)COc1ccc(-c2ccccc2)cc1. The fraction of sp³-hybridized carbons (Fsp3) is 0.130. The van der Waals surface area contributed by atoms with Crippen LogP contribution in [0.2, 0.25) is 0 Å². The third-order valence-corrected chi connectivity index (χ3v) is 4.39. The molecule has 0 spiro atoms. The van der Waals surface area contributed by atoms with Crippen molar-refractivity contribution < 1.29 is 19.4 Å². The number of nitrogens with one attached hydrogen (secondary N) is 1. The Labute approximate surface area is 168 Å². The Morgan fingerprint density at radius 2 is 1.52 bits per heavy atom. The van der Waals surface area contributed by atoms with Gasteiger partial charge in [-0.2, -0.15) is 0 Å². The molecule has 4 N–H and O–H groups in total. The first-order valence-electron chi connectivity index (χ1n) is 9.16. The number of benzene rings is 3. The number of primary amides is 1. The van der Waals surface area contributed by atoms with Gasteiger partial charge in [-0.3, -0.25) is 9.59 Å². The molecule has 3 aromatic rings. The number of amides is 2. The number of hydrogen-bond donors (Lipinski definition) is 3. The summed E-state index contributed by atoms with van der Waals surface area (Å²) >= 11 is 0. The fourth-order valence-corrected chi connectivity index (χ4v) is 2.85. The molecular weight excluding hydrogens is 368 g/mol. The molecule has 0 radical (unpaired) electrons. The molecule has 0 saturated heterocycles. The van der Waals surface area contributed by atoms with Crippen LogP contribution in [0.25, 0.3) is 11.1 Å². The van der Waals surface area contributed by atoms with E-state index in [1.165, 1.54) is 12.1 Å². The molecule has 6 heteroatoms. The van der Waals surface area contributed by atoms with Crippen molar-refractivity contribution in [3.63, 3.8) is 0 Å². The average molecular weight is 390 g/mol. The highest BCUT2D eigenvalue weighted by molar-refractivity contribution is 5.87. The molecule has 1 unspecified atom stereocenters. The third-order valence-electron chi connectivity index (χ3n) is 4.39. The van der Waals surface area contributed by atoms with E-state index in [0.29, 0.717) is 5.75 Å². The largest absolute Gasteiger partial charge is 0.508 e. The van der Waals surface area contributed by atoms with Crippen LogP contribution in [0.4, 0.5) is 0 Å². The van der Waals surface area contributed by atoms with E-state index in [9.17, 15) is 14.7 Å². The molecule has 3 rings (SSSR count). The standard InChI is InChI=1S/C23H22N2O4/c24-23(28)21(14-16-6-10-19(26)11-7-16)25-22(27)15-29-20-12-8-18(9-13-20)17-4-2-1-3-5-17/h1-13,21,26H,14-15H2,(H2,24,28)(H,25,27). The van der Waals surface area contributed by atoms with E-state index in [2.05, 4.69) is 5.32 Å². The van der Waals surface area contributed by atoms with E-state index in [1.807, 2.05) is 42.5 Å². The molecule has 148 valence electrons. The molecule has 0 aliphatic carbocycles. The summed E-state index contributed by atoms with van der Waals surface area (Å²) in [7, 11) is 0. The zero-order chi connectivity index (χ0) is 20.6. The first-order chi connectivity index (χ1) is 14.0. The summed E-state index contributed by atoms with van der Waals surface area (Å²) < 4.78 is 5.51. The molecule has 0 saturated carbocycles. The summed E-state index contributed by atoms with van der Waals surface area (Å²) in [4.78, 5) is 23.9. The minimum Gasteiger partial charge on any atom is -0.508 e. The number of phenols is 1. The number of hydrogen-bond acceptors (Lipinski definition) is 4. The Morgan fingerprint density at radius 3 is 2.14 bits per heavy atom. The van der Waals surface area contributed by atoms with Crippen LogP contribution in [0.1, 0.15) is 5.56 Å². The highest BCUT2D eigenvalue weighted by Crippen LogP contribution is 2.22. The molecule has 3 aromatic carbocycles. The molecule has 2 amide bonds. The predicted octanol–water partition coefficient (Wildman–Crippen LogP) is 2.65. The maximum absolute atomic E-state index is 12.2. The number of phenolic OH excluding ortho intramolecular Hbond substituents is 1. The van der Waals surface area contributed by atoms with Crippen LogP contribution in [0.3, 0.4) is 0 Å². The normalized spacial score (nSPS) is 11.4. The molecule has 0 aliphatic rings. The van der Waals surface area contributed by atoms with Crippen LogP contribution < -0.4 is 15.8 Å². The second-order valence-electron chi connectivity index (χ2n) is 6.57. The Hall–Kier alpha value is -3.80. The number of carbonyl (C=O) groups is 2. The van der Waals surface area contributed by atoms with Gasteiger partial charge in [0, 0.05) is 6.42 Å². The molecule has 29 heavy (non-hydrogen) atoms. The Bertz CT molecular complexity index is 954. The van der Waals surface area contributed by atoms with Gasteiger partial charge in [-0.1, -0.05) is 54.6 Å². The molecule has 0 fully saturated rings. The minimum atomic E-state index is -0.865. The highest BCUT2D eigenvalue weighted by atomic mass is 16.5. The Morgan fingerprint density at radius 1 is 0.897 bits per heavy atom. The van der Waals surface area contributed by atoms with Crippen molar-refractivity contribution in [2.45, 2.75) is 12.5 Å². The number of aromatic hydroxyl groups is 1. The second kappa shape index (κ2) is 9.41. The second-order valence-corrected chi connectivity index (χ2v) is 6.57. The maximum Gasteiger partial charge on any atom is 0.258 e. The predicted molar refractivity (Wildman–Crippen MR) is 110 cm³/mol. The first-order valence-corrected chi connectivity index (χ1v) is 9.16.